The first-order chi connectivity index (χ1) is 7.72. The lowest BCUT2D eigenvalue weighted by Gasteiger charge is -2.22. The van der Waals surface area contributed by atoms with Crippen molar-refractivity contribution in [3.8, 4) is 0 Å². The molecule has 1 aromatic rings. The molecule has 88 valence electrons. The maximum Gasteiger partial charge on any atom is 0.126 e. The Kier molecular flexibility index (Phi) is 3.84. The Morgan fingerprint density at radius 2 is 2.38 bits per heavy atom. The average Bonchev–Trinajstić information content (AvgIpc) is 2.78. The van der Waals surface area contributed by atoms with Crippen LogP contribution in [-0.4, -0.2) is 11.5 Å². The van der Waals surface area contributed by atoms with E-state index >= 15 is 0 Å². The van der Waals surface area contributed by atoms with Crippen molar-refractivity contribution < 1.29 is 4.39 Å². The van der Waals surface area contributed by atoms with E-state index in [1.165, 1.54) is 5.75 Å². The maximum atomic E-state index is 13.5. The summed E-state index contributed by atoms with van der Waals surface area (Å²) in [5.74, 6) is 8.23. The third kappa shape index (κ3) is 2.39. The molecule has 1 heterocycles. The minimum atomic E-state index is -0.150. The molecular weight excluding hydrogens is 223 g/mol. The van der Waals surface area contributed by atoms with Crippen molar-refractivity contribution in [2.75, 3.05) is 11.5 Å². The Hall–Kier alpha value is -0.580. The third-order valence-corrected chi connectivity index (χ3v) is 4.36. The zero-order valence-corrected chi connectivity index (χ0v) is 10.2. The second-order valence-electron chi connectivity index (χ2n) is 4.28. The molecule has 0 spiro atoms. The molecule has 2 nitrogen and oxygen atoms in total. The van der Waals surface area contributed by atoms with Gasteiger partial charge in [-0.15, -0.1) is 0 Å². The van der Waals surface area contributed by atoms with Gasteiger partial charge in [-0.05, 0) is 48.0 Å². The second-order valence-corrected chi connectivity index (χ2v) is 5.43. The molecule has 1 aromatic carbocycles. The van der Waals surface area contributed by atoms with E-state index in [1.54, 1.807) is 13.0 Å². The van der Waals surface area contributed by atoms with E-state index in [0.29, 0.717) is 11.5 Å². The van der Waals surface area contributed by atoms with Crippen LogP contribution in [0.2, 0.25) is 0 Å². The molecule has 3 N–H and O–H groups in total. The second kappa shape index (κ2) is 5.17. The Bertz CT molecular complexity index is 364. The molecule has 0 bridgehead atoms. The summed E-state index contributed by atoms with van der Waals surface area (Å²) >= 11 is 1.94. The van der Waals surface area contributed by atoms with Gasteiger partial charge in [0.15, 0.2) is 0 Å². The third-order valence-electron chi connectivity index (χ3n) is 3.17. The molecule has 0 aromatic heterocycles. The van der Waals surface area contributed by atoms with Crippen molar-refractivity contribution in [1.82, 2.24) is 5.43 Å². The quantitative estimate of drug-likeness (QED) is 0.629. The summed E-state index contributed by atoms with van der Waals surface area (Å²) in [6.07, 6.45) is 1.15. The summed E-state index contributed by atoms with van der Waals surface area (Å²) in [7, 11) is 0. The van der Waals surface area contributed by atoms with E-state index in [0.717, 1.165) is 17.7 Å². The highest BCUT2D eigenvalue weighted by atomic mass is 32.2. The van der Waals surface area contributed by atoms with E-state index < -0.39 is 0 Å². The fourth-order valence-corrected chi connectivity index (χ4v) is 3.42. The number of halogens is 1. The fraction of sp³-hybridized carbons (Fsp3) is 0.500. The fourth-order valence-electron chi connectivity index (χ4n) is 2.12. The van der Waals surface area contributed by atoms with Crippen LogP contribution in [0.25, 0.3) is 0 Å². The van der Waals surface area contributed by atoms with E-state index in [4.69, 9.17) is 5.84 Å². The molecule has 2 atom stereocenters. The van der Waals surface area contributed by atoms with Crippen molar-refractivity contribution in [2.45, 2.75) is 19.4 Å². The van der Waals surface area contributed by atoms with Crippen LogP contribution in [0.1, 0.15) is 23.6 Å². The van der Waals surface area contributed by atoms with Crippen LogP contribution in [0.4, 0.5) is 4.39 Å². The van der Waals surface area contributed by atoms with Gasteiger partial charge in [0.05, 0.1) is 0 Å². The number of aryl methyl sites for hydroxylation is 1. The Labute approximate surface area is 99.8 Å². The standard InChI is InChI=1S/C12H17FN2S/c1-8-2-3-9(6-11(8)13)12(15-14)10-4-5-16-7-10/h2-3,6,10,12,15H,4-5,7,14H2,1H3. The first-order valence-electron chi connectivity index (χ1n) is 5.52. The van der Waals surface area contributed by atoms with Crippen LogP contribution >= 0.6 is 11.8 Å². The minimum absolute atomic E-state index is 0.0742. The zero-order valence-electron chi connectivity index (χ0n) is 9.37. The van der Waals surface area contributed by atoms with Gasteiger partial charge in [0, 0.05) is 6.04 Å². The minimum Gasteiger partial charge on any atom is -0.271 e. The zero-order chi connectivity index (χ0) is 11.5. The maximum absolute atomic E-state index is 13.5. The average molecular weight is 240 g/mol. The van der Waals surface area contributed by atoms with Gasteiger partial charge in [-0.25, -0.2) is 4.39 Å². The van der Waals surface area contributed by atoms with E-state index in [1.807, 2.05) is 23.9 Å². The number of hydrogen-bond acceptors (Lipinski definition) is 3. The first-order valence-corrected chi connectivity index (χ1v) is 6.67. The predicted octanol–water partition coefficient (Wildman–Crippen LogP) is 2.39. The molecule has 0 aliphatic carbocycles. The van der Waals surface area contributed by atoms with Crippen LogP contribution in [-0.2, 0) is 0 Å². The number of rotatable bonds is 3. The van der Waals surface area contributed by atoms with E-state index in [-0.39, 0.29) is 11.9 Å². The highest BCUT2D eigenvalue weighted by Gasteiger charge is 2.26. The molecule has 1 aliphatic heterocycles. The summed E-state index contributed by atoms with van der Waals surface area (Å²) in [5.41, 5.74) is 4.46. The van der Waals surface area contributed by atoms with E-state index in [2.05, 4.69) is 5.43 Å². The van der Waals surface area contributed by atoms with Crippen LogP contribution in [0.3, 0.4) is 0 Å². The number of nitrogens with one attached hydrogen (secondary N) is 1. The number of benzene rings is 1. The summed E-state index contributed by atoms with van der Waals surface area (Å²) in [6, 6.07) is 5.45. The Balaban J connectivity index is 2.22. The highest BCUT2D eigenvalue weighted by molar-refractivity contribution is 7.99. The Morgan fingerprint density at radius 1 is 1.56 bits per heavy atom. The van der Waals surface area contributed by atoms with Gasteiger partial charge in [-0.1, -0.05) is 12.1 Å². The van der Waals surface area contributed by atoms with Crippen molar-refractivity contribution in [2.24, 2.45) is 11.8 Å². The summed E-state index contributed by atoms with van der Waals surface area (Å²) in [5, 5.41) is 0. The lowest BCUT2D eigenvalue weighted by atomic mass is 9.92. The topological polar surface area (TPSA) is 38.0 Å². The highest BCUT2D eigenvalue weighted by Crippen LogP contribution is 2.34. The molecule has 2 rings (SSSR count). The molecular formula is C12H17FN2S. The van der Waals surface area contributed by atoms with Crippen LogP contribution in [0.15, 0.2) is 18.2 Å². The van der Waals surface area contributed by atoms with Gasteiger partial charge in [-0.3, -0.25) is 11.3 Å². The van der Waals surface area contributed by atoms with Crippen LogP contribution in [0.5, 0.6) is 0 Å². The largest absolute Gasteiger partial charge is 0.271 e. The van der Waals surface area contributed by atoms with Crippen molar-refractivity contribution in [3.05, 3.63) is 35.1 Å². The SMILES string of the molecule is Cc1ccc(C(NN)C2CCSC2)cc1F. The lowest BCUT2D eigenvalue weighted by Crippen LogP contribution is -2.33. The summed E-state index contributed by atoms with van der Waals surface area (Å²) in [6.45, 7) is 1.77. The van der Waals surface area contributed by atoms with Crippen molar-refractivity contribution in [3.63, 3.8) is 0 Å². The molecule has 16 heavy (non-hydrogen) atoms. The lowest BCUT2D eigenvalue weighted by molar-refractivity contribution is 0.399. The summed E-state index contributed by atoms with van der Waals surface area (Å²) in [4.78, 5) is 0. The summed E-state index contributed by atoms with van der Waals surface area (Å²) < 4.78 is 13.5. The smallest absolute Gasteiger partial charge is 0.126 e. The molecule has 1 saturated heterocycles. The van der Waals surface area contributed by atoms with Gasteiger partial charge in [0.25, 0.3) is 0 Å². The van der Waals surface area contributed by atoms with Crippen molar-refractivity contribution >= 4 is 11.8 Å². The molecule has 0 radical (unpaired) electrons. The van der Waals surface area contributed by atoms with Crippen molar-refractivity contribution in [1.29, 1.82) is 0 Å². The van der Waals surface area contributed by atoms with E-state index in [9.17, 15) is 4.39 Å². The Morgan fingerprint density at radius 3 is 2.94 bits per heavy atom. The first kappa shape index (κ1) is 11.9. The van der Waals surface area contributed by atoms with Gasteiger partial charge >= 0.3 is 0 Å². The van der Waals surface area contributed by atoms with Gasteiger partial charge in [0.2, 0.25) is 0 Å². The number of hydrogen-bond donors (Lipinski definition) is 2. The predicted molar refractivity (Wildman–Crippen MR) is 66.6 cm³/mol. The van der Waals surface area contributed by atoms with Crippen LogP contribution < -0.4 is 11.3 Å². The van der Waals surface area contributed by atoms with Gasteiger partial charge in [-0.2, -0.15) is 11.8 Å². The molecule has 0 amide bonds. The van der Waals surface area contributed by atoms with Gasteiger partial charge < -0.3 is 0 Å². The monoisotopic (exact) mass is 240 g/mol. The molecule has 1 aliphatic rings. The molecule has 0 saturated carbocycles. The number of nitrogens with two attached hydrogens (primary N) is 1. The normalized spacial score (nSPS) is 22.3. The van der Waals surface area contributed by atoms with Crippen LogP contribution in [0, 0.1) is 18.7 Å². The molecule has 4 heteroatoms. The van der Waals surface area contributed by atoms with Gasteiger partial charge in [0.1, 0.15) is 5.82 Å². The molecule has 1 fully saturated rings. The number of hydrazine groups is 1. The number of thioether (sulfide) groups is 1. The molecule has 2 unspecified atom stereocenters.